The zero-order valence-electron chi connectivity index (χ0n) is 15.3. The van der Waals surface area contributed by atoms with Crippen LogP contribution in [0.4, 0.5) is 0 Å². The third-order valence-electron chi connectivity index (χ3n) is 3.29. The molecular formula is C17H32O4. The Kier molecular flexibility index (Phi) is 6.05. The largest absolute Gasteiger partial charge is 0.459 e. The van der Waals surface area contributed by atoms with E-state index in [0.29, 0.717) is 0 Å². The molecular weight excluding hydrogens is 268 g/mol. The zero-order chi connectivity index (χ0) is 17.2. The summed E-state index contributed by atoms with van der Waals surface area (Å²) in [5.74, 6) is -1.45. The maximum Gasteiger partial charge on any atom is 0.324 e. The molecule has 21 heavy (non-hydrogen) atoms. The Morgan fingerprint density at radius 1 is 0.667 bits per heavy atom. The number of esters is 2. The minimum atomic E-state index is -1.29. The van der Waals surface area contributed by atoms with Crippen molar-refractivity contribution in [2.24, 2.45) is 17.3 Å². The fourth-order valence-electron chi connectivity index (χ4n) is 2.42. The SMILES string of the molecule is CC(C)C(C(=O)OC(C)(C)C)(C(=O)OC(C)(C)C)C(C)C. The van der Waals surface area contributed by atoms with E-state index in [4.69, 9.17) is 9.47 Å². The van der Waals surface area contributed by atoms with E-state index in [1.165, 1.54) is 0 Å². The van der Waals surface area contributed by atoms with Crippen molar-refractivity contribution in [1.82, 2.24) is 0 Å². The average Bonchev–Trinajstić information content (AvgIpc) is 2.09. The van der Waals surface area contributed by atoms with Gasteiger partial charge < -0.3 is 9.47 Å². The van der Waals surface area contributed by atoms with E-state index < -0.39 is 28.6 Å². The van der Waals surface area contributed by atoms with Gasteiger partial charge in [0.05, 0.1) is 0 Å². The van der Waals surface area contributed by atoms with Crippen molar-refractivity contribution >= 4 is 11.9 Å². The highest BCUT2D eigenvalue weighted by molar-refractivity contribution is 6.01. The maximum atomic E-state index is 12.8. The van der Waals surface area contributed by atoms with Gasteiger partial charge in [0.1, 0.15) is 11.2 Å². The Bertz CT molecular complexity index is 343. The van der Waals surface area contributed by atoms with Gasteiger partial charge in [-0.2, -0.15) is 0 Å². The van der Waals surface area contributed by atoms with Crippen molar-refractivity contribution in [3.05, 3.63) is 0 Å². The average molecular weight is 300 g/mol. The van der Waals surface area contributed by atoms with Crippen molar-refractivity contribution in [2.45, 2.75) is 80.4 Å². The van der Waals surface area contributed by atoms with Crippen LogP contribution in [0.2, 0.25) is 0 Å². The minimum absolute atomic E-state index is 0.220. The van der Waals surface area contributed by atoms with Crippen LogP contribution in [0, 0.1) is 17.3 Å². The van der Waals surface area contributed by atoms with E-state index in [2.05, 4.69) is 0 Å². The second-order valence-electron chi connectivity index (χ2n) is 8.18. The molecule has 0 saturated heterocycles. The van der Waals surface area contributed by atoms with Gasteiger partial charge in [-0.05, 0) is 53.4 Å². The summed E-state index contributed by atoms with van der Waals surface area (Å²) in [7, 11) is 0. The van der Waals surface area contributed by atoms with Crippen LogP contribution < -0.4 is 0 Å². The van der Waals surface area contributed by atoms with Gasteiger partial charge in [0.2, 0.25) is 0 Å². The molecule has 0 radical (unpaired) electrons. The summed E-state index contributed by atoms with van der Waals surface area (Å²) >= 11 is 0. The van der Waals surface area contributed by atoms with Crippen molar-refractivity contribution < 1.29 is 19.1 Å². The van der Waals surface area contributed by atoms with Crippen LogP contribution in [-0.2, 0) is 19.1 Å². The molecule has 0 aliphatic heterocycles. The van der Waals surface area contributed by atoms with Gasteiger partial charge in [-0.3, -0.25) is 9.59 Å². The fraction of sp³-hybridized carbons (Fsp3) is 0.882. The third-order valence-corrected chi connectivity index (χ3v) is 3.29. The Balaban J connectivity index is 5.78. The van der Waals surface area contributed by atoms with Crippen LogP contribution in [0.3, 0.4) is 0 Å². The van der Waals surface area contributed by atoms with Crippen LogP contribution in [0.25, 0.3) is 0 Å². The molecule has 0 N–H and O–H groups in total. The first-order valence-electron chi connectivity index (χ1n) is 7.61. The molecule has 0 amide bonds. The first kappa shape index (κ1) is 19.9. The van der Waals surface area contributed by atoms with Crippen LogP contribution in [0.5, 0.6) is 0 Å². The van der Waals surface area contributed by atoms with E-state index in [9.17, 15) is 9.59 Å². The number of rotatable bonds is 4. The molecule has 0 aromatic rings. The van der Waals surface area contributed by atoms with Crippen molar-refractivity contribution in [3.8, 4) is 0 Å². The topological polar surface area (TPSA) is 52.6 Å². The predicted octanol–water partition coefficient (Wildman–Crippen LogP) is 3.97. The first-order chi connectivity index (χ1) is 9.14. The van der Waals surface area contributed by atoms with Gasteiger partial charge in [-0.15, -0.1) is 0 Å². The number of hydrogen-bond donors (Lipinski definition) is 0. The van der Waals surface area contributed by atoms with E-state index >= 15 is 0 Å². The van der Waals surface area contributed by atoms with Crippen LogP contribution in [0.15, 0.2) is 0 Å². The molecule has 0 aromatic heterocycles. The van der Waals surface area contributed by atoms with Crippen LogP contribution >= 0.6 is 0 Å². The van der Waals surface area contributed by atoms with Crippen molar-refractivity contribution in [3.63, 3.8) is 0 Å². The third kappa shape index (κ3) is 5.01. The highest BCUT2D eigenvalue weighted by Gasteiger charge is 2.55. The highest BCUT2D eigenvalue weighted by Crippen LogP contribution is 2.40. The highest BCUT2D eigenvalue weighted by atomic mass is 16.6. The van der Waals surface area contributed by atoms with E-state index in [0.717, 1.165) is 0 Å². The van der Waals surface area contributed by atoms with Gasteiger partial charge in [0, 0.05) is 0 Å². The molecule has 4 nitrogen and oxygen atoms in total. The smallest absolute Gasteiger partial charge is 0.324 e. The van der Waals surface area contributed by atoms with Crippen LogP contribution in [-0.4, -0.2) is 23.1 Å². The first-order valence-corrected chi connectivity index (χ1v) is 7.61. The summed E-state index contributed by atoms with van der Waals surface area (Å²) in [6.07, 6.45) is 0. The maximum absolute atomic E-state index is 12.8. The number of carbonyl (C=O) groups is 2. The molecule has 0 spiro atoms. The van der Waals surface area contributed by atoms with Gasteiger partial charge in [0.15, 0.2) is 5.41 Å². The van der Waals surface area contributed by atoms with Crippen LogP contribution in [0.1, 0.15) is 69.2 Å². The zero-order valence-corrected chi connectivity index (χ0v) is 15.3. The Morgan fingerprint density at radius 2 is 0.905 bits per heavy atom. The lowest BCUT2D eigenvalue weighted by Crippen LogP contribution is -2.53. The Hall–Kier alpha value is -1.06. The lowest BCUT2D eigenvalue weighted by molar-refractivity contribution is -0.193. The molecule has 0 atom stereocenters. The number of carbonyl (C=O) groups excluding carboxylic acids is 2. The summed E-state index contributed by atoms with van der Waals surface area (Å²) < 4.78 is 11.0. The molecule has 4 heteroatoms. The molecule has 0 fully saturated rings. The summed E-state index contributed by atoms with van der Waals surface area (Å²) in [5, 5.41) is 0. The normalized spacial score (nSPS) is 13.5. The standard InChI is InChI=1S/C17H32O4/c1-11(2)17(12(3)4,13(18)20-15(5,6)7)14(19)21-16(8,9)10/h11-12H,1-10H3. The predicted molar refractivity (Wildman–Crippen MR) is 83.8 cm³/mol. The number of hydrogen-bond acceptors (Lipinski definition) is 4. The summed E-state index contributed by atoms with van der Waals surface area (Å²) in [6, 6.07) is 0. The van der Waals surface area contributed by atoms with Gasteiger partial charge in [-0.1, -0.05) is 27.7 Å². The second-order valence-corrected chi connectivity index (χ2v) is 8.18. The summed E-state index contributed by atoms with van der Waals surface area (Å²) in [6.45, 7) is 18.2. The Morgan fingerprint density at radius 3 is 1.05 bits per heavy atom. The van der Waals surface area contributed by atoms with E-state index in [1.807, 2.05) is 27.7 Å². The fourth-order valence-corrected chi connectivity index (χ4v) is 2.42. The van der Waals surface area contributed by atoms with Gasteiger partial charge >= 0.3 is 11.9 Å². The molecule has 0 heterocycles. The monoisotopic (exact) mass is 300 g/mol. The van der Waals surface area contributed by atoms with E-state index in [-0.39, 0.29) is 11.8 Å². The summed E-state index contributed by atoms with van der Waals surface area (Å²) in [4.78, 5) is 25.5. The van der Waals surface area contributed by atoms with Crippen molar-refractivity contribution in [1.29, 1.82) is 0 Å². The lowest BCUT2D eigenvalue weighted by Gasteiger charge is -2.39. The molecule has 0 unspecified atom stereocenters. The quantitative estimate of drug-likeness (QED) is 0.582. The lowest BCUT2D eigenvalue weighted by atomic mass is 9.68. The molecule has 0 saturated carbocycles. The summed E-state index contributed by atoms with van der Waals surface area (Å²) in [5.41, 5.74) is -2.58. The minimum Gasteiger partial charge on any atom is -0.459 e. The molecule has 0 bridgehead atoms. The van der Waals surface area contributed by atoms with Crippen molar-refractivity contribution in [2.75, 3.05) is 0 Å². The molecule has 124 valence electrons. The molecule has 0 aliphatic rings. The van der Waals surface area contributed by atoms with Gasteiger partial charge in [0.25, 0.3) is 0 Å². The molecule has 0 aromatic carbocycles. The van der Waals surface area contributed by atoms with Gasteiger partial charge in [-0.25, -0.2) is 0 Å². The second kappa shape index (κ2) is 6.37. The molecule has 0 rings (SSSR count). The molecule has 0 aliphatic carbocycles. The van der Waals surface area contributed by atoms with E-state index in [1.54, 1.807) is 41.5 Å². The Labute approximate surface area is 129 Å². The number of ether oxygens (including phenoxy) is 2.